The van der Waals surface area contributed by atoms with Gasteiger partial charge < -0.3 is 4.40 Å². The van der Waals surface area contributed by atoms with Crippen LogP contribution in [0.3, 0.4) is 0 Å². The normalized spacial score (nSPS) is 12.5. The summed E-state index contributed by atoms with van der Waals surface area (Å²) in [5.41, 5.74) is 0.983. The fraction of sp³-hybridized carbons (Fsp3) is 0.0625. The van der Waals surface area contributed by atoms with Gasteiger partial charge in [-0.2, -0.15) is 13.2 Å². The van der Waals surface area contributed by atoms with Crippen LogP contribution < -0.4 is 0 Å². The van der Waals surface area contributed by atoms with Gasteiger partial charge in [0.25, 0.3) is 0 Å². The molecule has 0 amide bonds. The van der Waals surface area contributed by atoms with E-state index in [2.05, 4.69) is 4.98 Å². The molecule has 0 aliphatic heterocycles. The topological polar surface area (TPSA) is 17.3 Å². The molecule has 0 aliphatic rings. The molecule has 0 saturated heterocycles. The van der Waals surface area contributed by atoms with Crippen LogP contribution in [0.2, 0.25) is 0 Å². The minimum Gasteiger partial charge on any atom is -0.306 e. The second kappa shape index (κ2) is 3.97. The third kappa shape index (κ3) is 1.70. The predicted molar refractivity (Wildman–Crippen MR) is 75.2 cm³/mol. The summed E-state index contributed by atoms with van der Waals surface area (Å²) in [6.07, 6.45) is -4.49. The van der Waals surface area contributed by atoms with Crippen LogP contribution in [0, 0.1) is 0 Å². The highest BCUT2D eigenvalue weighted by molar-refractivity contribution is 5.94. The number of nitrogens with zero attached hydrogens (tertiary/aromatic N) is 2. The monoisotopic (exact) mass is 286 g/mol. The van der Waals surface area contributed by atoms with E-state index in [1.165, 1.54) is 6.07 Å². The predicted octanol–water partition coefficient (Wildman–Crippen LogP) is 4.66. The average molecular weight is 286 g/mol. The summed E-state index contributed by atoms with van der Waals surface area (Å²) in [6, 6.07) is 15.6. The molecule has 104 valence electrons. The number of fused-ring (bicyclic) bond motifs is 5. The van der Waals surface area contributed by atoms with E-state index in [-0.39, 0.29) is 5.52 Å². The fourth-order valence-electron chi connectivity index (χ4n) is 2.72. The molecule has 4 aromatic rings. The zero-order valence-electron chi connectivity index (χ0n) is 10.7. The molecule has 0 bridgehead atoms. The zero-order valence-corrected chi connectivity index (χ0v) is 10.7. The van der Waals surface area contributed by atoms with Gasteiger partial charge >= 0.3 is 6.18 Å². The lowest BCUT2D eigenvalue weighted by molar-refractivity contribution is -0.139. The molecule has 0 spiro atoms. The van der Waals surface area contributed by atoms with Crippen molar-refractivity contribution in [2.24, 2.45) is 0 Å². The molecule has 2 nitrogen and oxygen atoms in total. The number of benzene rings is 2. The third-order valence-corrected chi connectivity index (χ3v) is 3.58. The molecular weight excluding hydrogens is 277 g/mol. The first-order valence-corrected chi connectivity index (χ1v) is 6.42. The van der Waals surface area contributed by atoms with Gasteiger partial charge in [0.2, 0.25) is 0 Å². The van der Waals surface area contributed by atoms with Gasteiger partial charge in [0.05, 0.1) is 22.1 Å². The number of hydrogen-bond donors (Lipinski definition) is 0. The Labute approximate surface area is 117 Å². The highest BCUT2D eigenvalue weighted by Gasteiger charge is 2.36. The van der Waals surface area contributed by atoms with E-state index in [9.17, 15) is 13.2 Å². The quantitative estimate of drug-likeness (QED) is 0.459. The Morgan fingerprint density at radius 2 is 1.48 bits per heavy atom. The van der Waals surface area contributed by atoms with Crippen LogP contribution in [0.15, 0.2) is 54.6 Å². The van der Waals surface area contributed by atoms with Gasteiger partial charge in [-0.1, -0.05) is 30.3 Å². The Morgan fingerprint density at radius 3 is 2.24 bits per heavy atom. The molecule has 0 saturated carbocycles. The molecule has 0 N–H and O–H groups in total. The number of para-hydroxylation sites is 3. The second-order valence-electron chi connectivity index (χ2n) is 4.87. The Bertz CT molecular complexity index is 983. The highest BCUT2D eigenvalue weighted by atomic mass is 19.4. The minimum atomic E-state index is -4.49. The highest BCUT2D eigenvalue weighted by Crippen LogP contribution is 2.35. The molecule has 2 aromatic carbocycles. The first-order valence-electron chi connectivity index (χ1n) is 6.42. The summed E-state index contributed by atoms with van der Waals surface area (Å²) < 4.78 is 41.5. The maximum atomic E-state index is 13.3. The van der Waals surface area contributed by atoms with E-state index in [0.29, 0.717) is 11.0 Å². The van der Waals surface area contributed by atoms with E-state index >= 15 is 0 Å². The smallest absolute Gasteiger partial charge is 0.306 e. The number of alkyl halides is 3. The maximum absolute atomic E-state index is 13.3. The Balaban J connectivity index is 2.34. The van der Waals surface area contributed by atoms with Gasteiger partial charge in [0.1, 0.15) is 0 Å². The van der Waals surface area contributed by atoms with Crippen molar-refractivity contribution in [3.63, 3.8) is 0 Å². The SMILES string of the molecule is FC(F)(F)c1nc2ccccc2n2c1cc1ccccc12. The maximum Gasteiger partial charge on any atom is 0.435 e. The van der Waals surface area contributed by atoms with Gasteiger partial charge in [-0.25, -0.2) is 4.98 Å². The molecule has 0 unspecified atom stereocenters. The largest absolute Gasteiger partial charge is 0.435 e. The van der Waals surface area contributed by atoms with Crippen molar-refractivity contribution in [3.8, 4) is 0 Å². The van der Waals surface area contributed by atoms with Crippen LogP contribution in [0.5, 0.6) is 0 Å². The van der Waals surface area contributed by atoms with E-state index < -0.39 is 11.9 Å². The van der Waals surface area contributed by atoms with Crippen LogP contribution >= 0.6 is 0 Å². The Morgan fingerprint density at radius 1 is 0.810 bits per heavy atom. The molecule has 4 rings (SSSR count). The Kier molecular flexibility index (Phi) is 2.31. The lowest BCUT2D eigenvalue weighted by Gasteiger charge is -2.11. The van der Waals surface area contributed by atoms with E-state index in [0.717, 1.165) is 10.9 Å². The van der Waals surface area contributed by atoms with Crippen LogP contribution in [-0.4, -0.2) is 9.38 Å². The van der Waals surface area contributed by atoms with Crippen molar-refractivity contribution in [1.82, 2.24) is 9.38 Å². The molecule has 2 heterocycles. The molecule has 2 aromatic heterocycles. The van der Waals surface area contributed by atoms with Crippen molar-refractivity contribution >= 4 is 27.5 Å². The summed E-state index contributed by atoms with van der Waals surface area (Å²) in [4.78, 5) is 3.82. The van der Waals surface area contributed by atoms with Crippen LogP contribution in [0.25, 0.3) is 27.5 Å². The summed E-state index contributed by atoms with van der Waals surface area (Å²) in [5.74, 6) is 0. The van der Waals surface area contributed by atoms with Gasteiger partial charge in [0.15, 0.2) is 5.69 Å². The van der Waals surface area contributed by atoms with Gasteiger partial charge in [-0.05, 0) is 24.3 Å². The van der Waals surface area contributed by atoms with Crippen LogP contribution in [0.1, 0.15) is 5.69 Å². The van der Waals surface area contributed by atoms with E-state index in [1.54, 1.807) is 34.7 Å². The van der Waals surface area contributed by atoms with Crippen LogP contribution in [-0.2, 0) is 6.18 Å². The standard InChI is InChI=1S/C16H9F3N2/c17-16(18,19)15-14-9-10-5-1-3-7-12(10)21(14)13-8-4-2-6-11(13)20-15/h1-9H. The molecular formula is C16H9F3N2. The first kappa shape index (κ1) is 12.2. The number of halogens is 3. The summed E-state index contributed by atoms with van der Waals surface area (Å²) in [7, 11) is 0. The van der Waals surface area contributed by atoms with E-state index in [4.69, 9.17) is 0 Å². The third-order valence-electron chi connectivity index (χ3n) is 3.58. The van der Waals surface area contributed by atoms with Gasteiger partial charge in [-0.15, -0.1) is 0 Å². The zero-order chi connectivity index (χ0) is 14.6. The van der Waals surface area contributed by atoms with Crippen molar-refractivity contribution in [3.05, 3.63) is 60.3 Å². The molecule has 0 atom stereocenters. The minimum absolute atomic E-state index is 0.0856. The first-order chi connectivity index (χ1) is 10.1. The summed E-state index contributed by atoms with van der Waals surface area (Å²) in [5, 5.41) is 0.765. The van der Waals surface area contributed by atoms with Crippen molar-refractivity contribution in [2.45, 2.75) is 6.18 Å². The molecule has 21 heavy (non-hydrogen) atoms. The summed E-state index contributed by atoms with van der Waals surface area (Å²) >= 11 is 0. The molecule has 5 heteroatoms. The fourth-order valence-corrected chi connectivity index (χ4v) is 2.72. The molecule has 0 aliphatic carbocycles. The van der Waals surface area contributed by atoms with Crippen molar-refractivity contribution in [1.29, 1.82) is 0 Å². The number of rotatable bonds is 0. The lowest BCUT2D eigenvalue weighted by Crippen LogP contribution is -2.10. The van der Waals surface area contributed by atoms with Crippen molar-refractivity contribution < 1.29 is 13.2 Å². The summed E-state index contributed by atoms with van der Waals surface area (Å²) in [6.45, 7) is 0. The lowest BCUT2D eigenvalue weighted by atomic mass is 10.2. The van der Waals surface area contributed by atoms with Crippen molar-refractivity contribution in [2.75, 3.05) is 0 Å². The van der Waals surface area contributed by atoms with Gasteiger partial charge in [-0.3, -0.25) is 0 Å². The number of hydrogen-bond acceptors (Lipinski definition) is 1. The second-order valence-corrected chi connectivity index (χ2v) is 4.87. The van der Waals surface area contributed by atoms with Crippen LogP contribution in [0.4, 0.5) is 13.2 Å². The number of aromatic nitrogens is 2. The molecule has 0 radical (unpaired) electrons. The Hall–Kier alpha value is -2.56. The molecule has 0 fully saturated rings. The van der Waals surface area contributed by atoms with E-state index in [1.807, 2.05) is 18.2 Å². The average Bonchev–Trinajstić information content (AvgIpc) is 2.84. The van der Waals surface area contributed by atoms with Gasteiger partial charge in [0, 0.05) is 5.39 Å².